The molecule has 0 atom stereocenters. The molecule has 0 saturated heterocycles. The van der Waals surface area contributed by atoms with Gasteiger partial charge in [0, 0.05) is 11.8 Å². The number of benzene rings is 2. The Bertz CT molecular complexity index is 1030. The predicted molar refractivity (Wildman–Crippen MR) is 105 cm³/mol. The van der Waals surface area contributed by atoms with Crippen LogP contribution in [0.4, 0.5) is 10.1 Å². The van der Waals surface area contributed by atoms with Gasteiger partial charge in [0.1, 0.15) is 5.82 Å². The van der Waals surface area contributed by atoms with Crippen molar-refractivity contribution in [3.63, 3.8) is 0 Å². The normalized spacial score (nSPS) is 10.6. The minimum absolute atomic E-state index is 0.279. The standard InChI is InChI=1S/C21H22FN3O3/c1-12-10-18(27-4)19(28-5)11-17(12)23-21(26)20-13(2)24-25(14(20)3)16-8-6-15(22)7-9-16/h6-11H,1-5H3,(H,23,26). The van der Waals surface area contributed by atoms with E-state index in [1.54, 1.807) is 57.0 Å². The maximum absolute atomic E-state index is 13.2. The number of amides is 1. The lowest BCUT2D eigenvalue weighted by Gasteiger charge is -2.14. The third-order valence-electron chi connectivity index (χ3n) is 4.57. The van der Waals surface area contributed by atoms with E-state index in [0.29, 0.717) is 39.8 Å². The van der Waals surface area contributed by atoms with Crippen LogP contribution in [-0.2, 0) is 0 Å². The van der Waals surface area contributed by atoms with Crippen LogP contribution in [0.3, 0.4) is 0 Å². The fourth-order valence-electron chi connectivity index (χ4n) is 3.11. The first kappa shape index (κ1) is 19.4. The van der Waals surface area contributed by atoms with Crippen LogP contribution in [0.1, 0.15) is 27.3 Å². The summed E-state index contributed by atoms with van der Waals surface area (Å²) in [7, 11) is 3.10. The zero-order valence-electron chi connectivity index (χ0n) is 16.5. The number of carbonyl (C=O) groups excluding carboxylic acids is 1. The van der Waals surface area contributed by atoms with E-state index in [-0.39, 0.29) is 11.7 Å². The maximum Gasteiger partial charge on any atom is 0.259 e. The van der Waals surface area contributed by atoms with Crippen molar-refractivity contribution in [2.75, 3.05) is 19.5 Å². The van der Waals surface area contributed by atoms with Gasteiger partial charge in [-0.15, -0.1) is 0 Å². The molecule has 2 aromatic carbocycles. The van der Waals surface area contributed by atoms with Gasteiger partial charge in [0.25, 0.3) is 5.91 Å². The maximum atomic E-state index is 13.2. The second kappa shape index (κ2) is 7.72. The first-order chi connectivity index (χ1) is 13.3. The molecule has 3 rings (SSSR count). The zero-order chi connectivity index (χ0) is 20.4. The summed E-state index contributed by atoms with van der Waals surface area (Å²) >= 11 is 0. The minimum Gasteiger partial charge on any atom is -0.493 e. The van der Waals surface area contributed by atoms with E-state index < -0.39 is 0 Å². The zero-order valence-corrected chi connectivity index (χ0v) is 16.5. The van der Waals surface area contributed by atoms with E-state index in [4.69, 9.17) is 9.47 Å². The highest BCUT2D eigenvalue weighted by atomic mass is 19.1. The van der Waals surface area contributed by atoms with E-state index in [9.17, 15) is 9.18 Å². The van der Waals surface area contributed by atoms with Crippen molar-refractivity contribution in [1.82, 2.24) is 9.78 Å². The van der Waals surface area contributed by atoms with Gasteiger partial charge in [-0.25, -0.2) is 9.07 Å². The van der Waals surface area contributed by atoms with Gasteiger partial charge >= 0.3 is 0 Å². The molecule has 0 saturated carbocycles. The molecular weight excluding hydrogens is 361 g/mol. The lowest BCUT2D eigenvalue weighted by atomic mass is 10.1. The number of halogens is 1. The van der Waals surface area contributed by atoms with Crippen molar-refractivity contribution < 1.29 is 18.7 Å². The smallest absolute Gasteiger partial charge is 0.259 e. The summed E-state index contributed by atoms with van der Waals surface area (Å²) in [6.45, 7) is 5.45. The molecule has 1 heterocycles. The number of carbonyl (C=O) groups is 1. The average molecular weight is 383 g/mol. The molecule has 0 aliphatic rings. The van der Waals surface area contributed by atoms with Crippen LogP contribution in [0.5, 0.6) is 11.5 Å². The summed E-state index contributed by atoms with van der Waals surface area (Å²) in [5, 5.41) is 7.37. The molecule has 0 aliphatic carbocycles. The summed E-state index contributed by atoms with van der Waals surface area (Å²) < 4.78 is 25.4. The number of anilines is 1. The van der Waals surface area contributed by atoms with E-state index in [1.807, 2.05) is 6.92 Å². The van der Waals surface area contributed by atoms with Gasteiger partial charge in [0.05, 0.1) is 36.9 Å². The second-order valence-corrected chi connectivity index (χ2v) is 6.41. The van der Waals surface area contributed by atoms with E-state index in [2.05, 4.69) is 10.4 Å². The number of hydrogen-bond donors (Lipinski definition) is 1. The van der Waals surface area contributed by atoms with Gasteiger partial charge in [-0.3, -0.25) is 4.79 Å². The number of nitrogens with zero attached hydrogens (tertiary/aromatic N) is 2. The van der Waals surface area contributed by atoms with Crippen molar-refractivity contribution in [2.45, 2.75) is 20.8 Å². The number of hydrogen-bond acceptors (Lipinski definition) is 4. The second-order valence-electron chi connectivity index (χ2n) is 6.41. The Morgan fingerprint density at radius 3 is 2.25 bits per heavy atom. The highest BCUT2D eigenvalue weighted by Crippen LogP contribution is 2.33. The highest BCUT2D eigenvalue weighted by Gasteiger charge is 2.21. The van der Waals surface area contributed by atoms with Gasteiger partial charge in [-0.05, 0) is 56.7 Å². The minimum atomic E-state index is -0.327. The monoisotopic (exact) mass is 383 g/mol. The third-order valence-corrected chi connectivity index (χ3v) is 4.57. The molecule has 1 amide bonds. The highest BCUT2D eigenvalue weighted by molar-refractivity contribution is 6.06. The molecule has 6 nitrogen and oxygen atoms in total. The average Bonchev–Trinajstić information content (AvgIpc) is 2.97. The molecule has 0 radical (unpaired) electrons. The van der Waals surface area contributed by atoms with Crippen molar-refractivity contribution in [3.8, 4) is 17.2 Å². The topological polar surface area (TPSA) is 65.4 Å². The quantitative estimate of drug-likeness (QED) is 0.717. The van der Waals surface area contributed by atoms with E-state index in [1.165, 1.54) is 12.1 Å². The number of ether oxygens (including phenoxy) is 2. The lowest BCUT2D eigenvalue weighted by Crippen LogP contribution is -2.15. The molecule has 7 heteroatoms. The van der Waals surface area contributed by atoms with E-state index in [0.717, 1.165) is 5.56 Å². The molecule has 0 bridgehead atoms. The van der Waals surface area contributed by atoms with Gasteiger partial charge in [-0.1, -0.05) is 0 Å². The van der Waals surface area contributed by atoms with Crippen LogP contribution in [0.15, 0.2) is 36.4 Å². The lowest BCUT2D eigenvalue weighted by molar-refractivity contribution is 0.102. The van der Waals surface area contributed by atoms with Crippen molar-refractivity contribution in [2.24, 2.45) is 0 Å². The summed E-state index contributed by atoms with van der Waals surface area (Å²) in [6, 6.07) is 9.48. The molecule has 0 unspecified atom stereocenters. The molecule has 28 heavy (non-hydrogen) atoms. The largest absolute Gasteiger partial charge is 0.493 e. The van der Waals surface area contributed by atoms with Crippen molar-refractivity contribution in [3.05, 3.63) is 64.7 Å². The Kier molecular flexibility index (Phi) is 5.35. The number of methoxy groups -OCH3 is 2. The molecule has 0 fully saturated rings. The Labute approximate surface area is 162 Å². The summed E-state index contributed by atoms with van der Waals surface area (Å²) in [4.78, 5) is 13.0. The van der Waals surface area contributed by atoms with Gasteiger partial charge in [0.15, 0.2) is 11.5 Å². The molecule has 1 N–H and O–H groups in total. The predicted octanol–water partition coefficient (Wildman–Crippen LogP) is 4.21. The summed E-state index contributed by atoms with van der Waals surface area (Å²) in [5.74, 6) is 0.513. The van der Waals surface area contributed by atoms with Crippen LogP contribution in [0.25, 0.3) is 5.69 Å². The van der Waals surface area contributed by atoms with Crippen LogP contribution in [0.2, 0.25) is 0 Å². The Morgan fingerprint density at radius 1 is 1.04 bits per heavy atom. The molecule has 0 aliphatic heterocycles. The fourth-order valence-corrected chi connectivity index (χ4v) is 3.11. The van der Waals surface area contributed by atoms with Gasteiger partial charge < -0.3 is 14.8 Å². The molecule has 1 aromatic heterocycles. The van der Waals surface area contributed by atoms with E-state index >= 15 is 0 Å². The summed E-state index contributed by atoms with van der Waals surface area (Å²) in [6.07, 6.45) is 0. The summed E-state index contributed by atoms with van der Waals surface area (Å²) in [5.41, 5.74) is 3.86. The van der Waals surface area contributed by atoms with Crippen LogP contribution in [0, 0.1) is 26.6 Å². The first-order valence-electron chi connectivity index (χ1n) is 8.71. The number of aryl methyl sites for hydroxylation is 2. The van der Waals surface area contributed by atoms with Crippen LogP contribution < -0.4 is 14.8 Å². The van der Waals surface area contributed by atoms with Crippen LogP contribution in [-0.4, -0.2) is 29.9 Å². The van der Waals surface area contributed by atoms with Crippen molar-refractivity contribution >= 4 is 11.6 Å². The Hall–Kier alpha value is -3.35. The number of rotatable bonds is 5. The Balaban J connectivity index is 1.95. The molecule has 3 aromatic rings. The number of aromatic nitrogens is 2. The molecule has 0 spiro atoms. The fraction of sp³-hybridized carbons (Fsp3) is 0.238. The number of nitrogens with one attached hydrogen (secondary N) is 1. The Morgan fingerprint density at radius 2 is 1.64 bits per heavy atom. The van der Waals surface area contributed by atoms with Gasteiger partial charge in [-0.2, -0.15) is 5.10 Å². The SMILES string of the molecule is COc1cc(C)c(NC(=O)c2c(C)nn(-c3ccc(F)cc3)c2C)cc1OC. The van der Waals surface area contributed by atoms with Crippen molar-refractivity contribution in [1.29, 1.82) is 0 Å². The molecular formula is C21H22FN3O3. The third kappa shape index (κ3) is 3.55. The van der Waals surface area contributed by atoms with Gasteiger partial charge in [0.2, 0.25) is 0 Å². The van der Waals surface area contributed by atoms with Crippen LogP contribution >= 0.6 is 0 Å². The molecule has 146 valence electrons. The first-order valence-corrected chi connectivity index (χ1v) is 8.71.